The molecule has 2 aromatic rings. The zero-order valence-corrected chi connectivity index (χ0v) is 12.2. The van der Waals surface area contributed by atoms with Crippen molar-refractivity contribution in [3.63, 3.8) is 0 Å². The smallest absolute Gasteiger partial charge is 0.335 e. The first-order valence-corrected chi connectivity index (χ1v) is 6.59. The molecule has 2 N–H and O–H groups in total. The molecule has 0 fully saturated rings. The molecule has 0 saturated heterocycles. The van der Waals surface area contributed by atoms with Gasteiger partial charge in [0.1, 0.15) is 5.69 Å². The topological polar surface area (TPSA) is 92.5 Å². The summed E-state index contributed by atoms with van der Waals surface area (Å²) < 4.78 is 0.765. The van der Waals surface area contributed by atoms with E-state index in [-0.39, 0.29) is 11.3 Å². The van der Waals surface area contributed by atoms with Gasteiger partial charge in [-0.1, -0.05) is 0 Å². The van der Waals surface area contributed by atoms with E-state index in [0.29, 0.717) is 11.4 Å². The van der Waals surface area contributed by atoms with Crippen LogP contribution < -0.4 is 5.32 Å². The first-order valence-electron chi connectivity index (χ1n) is 5.51. The third-order valence-corrected chi connectivity index (χ3v) is 3.24. The second-order valence-corrected chi connectivity index (χ2v) is 5.17. The molecule has 0 aromatic heterocycles. The predicted octanol–water partition coefficient (Wildman–Crippen LogP) is 3.64. The molecule has 0 saturated carbocycles. The minimum absolute atomic E-state index is 0.0285. The van der Waals surface area contributed by atoms with Crippen LogP contribution in [-0.4, -0.2) is 16.0 Å². The lowest BCUT2D eigenvalue weighted by Crippen LogP contribution is -1.99. The lowest BCUT2D eigenvalue weighted by atomic mass is 10.2. The van der Waals surface area contributed by atoms with Gasteiger partial charge in [0.2, 0.25) is 0 Å². The van der Waals surface area contributed by atoms with E-state index in [4.69, 9.17) is 5.11 Å². The van der Waals surface area contributed by atoms with Crippen molar-refractivity contribution in [3.05, 3.63) is 61.7 Å². The van der Waals surface area contributed by atoms with E-state index in [9.17, 15) is 14.9 Å². The molecule has 0 spiro atoms. The maximum atomic E-state index is 11.0. The number of hydrogen-bond acceptors (Lipinski definition) is 4. The molecular formula is C13H9IN2O4. The minimum Gasteiger partial charge on any atom is -0.478 e. The summed E-state index contributed by atoms with van der Waals surface area (Å²) in [6.45, 7) is 0. The number of nitro groups is 1. The lowest BCUT2D eigenvalue weighted by Gasteiger charge is -2.07. The van der Waals surface area contributed by atoms with Crippen molar-refractivity contribution in [3.8, 4) is 0 Å². The molecule has 2 aromatic carbocycles. The summed E-state index contributed by atoms with van der Waals surface area (Å²) in [5.74, 6) is -1.02. The summed E-state index contributed by atoms with van der Waals surface area (Å²) in [5, 5.41) is 22.7. The zero-order chi connectivity index (χ0) is 14.7. The highest BCUT2D eigenvalue weighted by molar-refractivity contribution is 14.1. The molecule has 0 aliphatic carbocycles. The molecule has 0 heterocycles. The van der Waals surface area contributed by atoms with Gasteiger partial charge >= 0.3 is 5.97 Å². The molecule has 7 heteroatoms. The van der Waals surface area contributed by atoms with E-state index in [1.165, 1.54) is 18.2 Å². The zero-order valence-electron chi connectivity index (χ0n) is 10.0. The number of hydrogen-bond donors (Lipinski definition) is 2. The van der Waals surface area contributed by atoms with Crippen LogP contribution in [0.15, 0.2) is 42.5 Å². The van der Waals surface area contributed by atoms with Gasteiger partial charge in [0, 0.05) is 15.3 Å². The third-order valence-electron chi connectivity index (χ3n) is 2.57. The Balaban J connectivity index is 2.30. The summed E-state index contributed by atoms with van der Waals surface area (Å²) >= 11 is 2.00. The summed E-state index contributed by atoms with van der Waals surface area (Å²) in [4.78, 5) is 21.3. The largest absolute Gasteiger partial charge is 0.478 e. The number of aromatic carboxylic acids is 1. The Hall–Kier alpha value is -2.16. The number of anilines is 2. The number of nitrogens with zero attached hydrogens (tertiary/aromatic N) is 1. The number of rotatable bonds is 4. The predicted molar refractivity (Wildman–Crippen MR) is 82.5 cm³/mol. The number of nitrogens with one attached hydrogen (secondary N) is 1. The van der Waals surface area contributed by atoms with E-state index >= 15 is 0 Å². The summed E-state index contributed by atoms with van der Waals surface area (Å²) in [6.07, 6.45) is 0. The fraction of sp³-hybridized carbons (Fsp3) is 0. The van der Waals surface area contributed by atoms with Crippen molar-refractivity contribution < 1.29 is 14.8 Å². The Labute approximate surface area is 127 Å². The Morgan fingerprint density at radius 1 is 1.20 bits per heavy atom. The highest BCUT2D eigenvalue weighted by atomic mass is 127. The molecule has 102 valence electrons. The second kappa shape index (κ2) is 5.87. The van der Waals surface area contributed by atoms with Crippen LogP contribution in [0.25, 0.3) is 0 Å². The maximum absolute atomic E-state index is 11.0. The van der Waals surface area contributed by atoms with Crippen LogP contribution in [0.1, 0.15) is 10.4 Å². The summed E-state index contributed by atoms with van der Waals surface area (Å²) in [7, 11) is 0. The van der Waals surface area contributed by atoms with Crippen LogP contribution >= 0.6 is 22.6 Å². The molecule has 0 radical (unpaired) electrons. The quantitative estimate of drug-likeness (QED) is 0.477. The van der Waals surface area contributed by atoms with Gasteiger partial charge in [-0.3, -0.25) is 10.1 Å². The van der Waals surface area contributed by atoms with Crippen molar-refractivity contribution in [2.24, 2.45) is 0 Å². The molecule has 2 rings (SSSR count). The fourth-order valence-electron chi connectivity index (χ4n) is 1.61. The molecule has 0 aliphatic rings. The van der Waals surface area contributed by atoms with E-state index in [0.717, 1.165) is 3.57 Å². The lowest BCUT2D eigenvalue weighted by molar-refractivity contribution is -0.384. The standard InChI is InChI=1S/C13H9IN2O4/c14-9-3-6-11(12(7-9)16(19)20)15-10-4-1-8(2-5-10)13(17)18/h1-7,15H,(H,17,18). The molecule has 0 aliphatic heterocycles. The number of halogens is 1. The molecular weight excluding hydrogens is 375 g/mol. The third kappa shape index (κ3) is 3.23. The van der Waals surface area contributed by atoms with Gasteiger partial charge in [-0.15, -0.1) is 0 Å². The highest BCUT2D eigenvalue weighted by Gasteiger charge is 2.14. The molecule has 0 atom stereocenters. The van der Waals surface area contributed by atoms with Crippen LogP contribution in [0.2, 0.25) is 0 Å². The number of carboxylic acid groups (broad SMARTS) is 1. The van der Waals surface area contributed by atoms with Crippen LogP contribution in [-0.2, 0) is 0 Å². The van der Waals surface area contributed by atoms with E-state index in [2.05, 4.69) is 5.32 Å². The van der Waals surface area contributed by atoms with Gasteiger partial charge in [0.25, 0.3) is 5.69 Å². The average molecular weight is 384 g/mol. The number of carboxylic acids is 1. The van der Waals surface area contributed by atoms with Crippen molar-refractivity contribution in [2.75, 3.05) is 5.32 Å². The Bertz CT molecular complexity index is 671. The van der Waals surface area contributed by atoms with Gasteiger partial charge < -0.3 is 10.4 Å². The van der Waals surface area contributed by atoms with Gasteiger partial charge in [-0.2, -0.15) is 0 Å². The van der Waals surface area contributed by atoms with Crippen molar-refractivity contribution >= 4 is 45.6 Å². The Morgan fingerprint density at radius 3 is 2.40 bits per heavy atom. The van der Waals surface area contributed by atoms with Crippen molar-refractivity contribution in [1.82, 2.24) is 0 Å². The van der Waals surface area contributed by atoms with Crippen LogP contribution in [0.3, 0.4) is 0 Å². The Morgan fingerprint density at radius 2 is 1.85 bits per heavy atom. The van der Waals surface area contributed by atoms with E-state index < -0.39 is 10.9 Å². The first-order chi connectivity index (χ1) is 9.47. The normalized spacial score (nSPS) is 10.1. The molecule has 20 heavy (non-hydrogen) atoms. The van der Waals surface area contributed by atoms with E-state index in [1.807, 2.05) is 22.6 Å². The van der Waals surface area contributed by atoms with E-state index in [1.54, 1.807) is 24.3 Å². The van der Waals surface area contributed by atoms with Gasteiger partial charge in [0.05, 0.1) is 10.5 Å². The van der Waals surface area contributed by atoms with Crippen molar-refractivity contribution in [1.29, 1.82) is 0 Å². The monoisotopic (exact) mass is 384 g/mol. The van der Waals surface area contributed by atoms with Gasteiger partial charge in [0.15, 0.2) is 0 Å². The van der Waals surface area contributed by atoms with Crippen LogP contribution in [0.4, 0.5) is 17.1 Å². The van der Waals surface area contributed by atoms with Gasteiger partial charge in [-0.05, 0) is 59.0 Å². The minimum atomic E-state index is -1.02. The summed E-state index contributed by atoms with van der Waals surface area (Å²) in [6, 6.07) is 10.8. The average Bonchev–Trinajstić information content (AvgIpc) is 2.41. The van der Waals surface area contributed by atoms with Crippen LogP contribution in [0, 0.1) is 13.7 Å². The highest BCUT2D eigenvalue weighted by Crippen LogP contribution is 2.29. The molecule has 0 bridgehead atoms. The first kappa shape index (κ1) is 14.3. The SMILES string of the molecule is O=C(O)c1ccc(Nc2ccc(I)cc2[N+](=O)[O-])cc1. The number of carbonyl (C=O) groups is 1. The molecule has 0 amide bonds. The molecule has 6 nitrogen and oxygen atoms in total. The number of nitro benzene ring substituents is 1. The molecule has 0 unspecified atom stereocenters. The van der Waals surface area contributed by atoms with Crippen LogP contribution in [0.5, 0.6) is 0 Å². The fourth-order valence-corrected chi connectivity index (χ4v) is 2.09. The second-order valence-electron chi connectivity index (χ2n) is 3.93. The summed E-state index contributed by atoms with van der Waals surface area (Å²) in [5.41, 5.74) is 1.07. The Kier molecular flexibility index (Phi) is 4.18. The maximum Gasteiger partial charge on any atom is 0.335 e. The number of benzene rings is 2. The van der Waals surface area contributed by atoms with Gasteiger partial charge in [-0.25, -0.2) is 4.79 Å². The van der Waals surface area contributed by atoms with Crippen molar-refractivity contribution in [2.45, 2.75) is 0 Å².